The van der Waals surface area contributed by atoms with Crippen LogP contribution in [0.4, 0.5) is 0 Å². The molecule has 33 heavy (non-hydrogen) atoms. The number of rotatable bonds is 10. The number of allylic oxidation sites excluding steroid dienone is 8. The first-order chi connectivity index (χ1) is 15.9. The normalized spacial score (nSPS) is 15.9. The van der Waals surface area contributed by atoms with E-state index in [1.807, 2.05) is 0 Å². The summed E-state index contributed by atoms with van der Waals surface area (Å²) in [7, 11) is 8.35. The van der Waals surface area contributed by atoms with Gasteiger partial charge in [0.1, 0.15) is 0 Å². The van der Waals surface area contributed by atoms with Crippen molar-refractivity contribution in [2.24, 2.45) is 0 Å². The average molecular weight is 522 g/mol. The summed E-state index contributed by atoms with van der Waals surface area (Å²) in [6.07, 6.45) is 17.5. The van der Waals surface area contributed by atoms with E-state index in [0.29, 0.717) is 0 Å². The zero-order valence-electron chi connectivity index (χ0n) is 20.0. The Morgan fingerprint density at radius 2 is 1.03 bits per heavy atom. The molecule has 2 aromatic rings. The zero-order chi connectivity index (χ0) is 23.3. The third-order valence-corrected chi connectivity index (χ3v) is 15.0. The van der Waals surface area contributed by atoms with E-state index < -0.39 is 21.1 Å². The molecule has 0 unspecified atom stereocenters. The molecule has 0 aliphatic heterocycles. The van der Waals surface area contributed by atoms with Crippen molar-refractivity contribution < 1.29 is 26.8 Å². The molecule has 0 bridgehead atoms. The summed E-state index contributed by atoms with van der Waals surface area (Å²) < 4.78 is 14.5. The molecule has 4 rings (SSSR count). The van der Waals surface area contributed by atoms with Gasteiger partial charge in [0.05, 0.1) is 0 Å². The Labute approximate surface area is 204 Å². The van der Waals surface area contributed by atoms with E-state index >= 15 is 0 Å². The molecule has 0 radical (unpaired) electrons. The van der Waals surface area contributed by atoms with Crippen LogP contribution in [-0.2, 0) is 34.2 Å². The third kappa shape index (κ3) is 6.03. The van der Waals surface area contributed by atoms with Gasteiger partial charge in [-0.2, -0.15) is 0 Å². The van der Waals surface area contributed by atoms with Crippen molar-refractivity contribution in [3.63, 3.8) is 0 Å². The van der Waals surface area contributed by atoms with Crippen molar-refractivity contribution in [1.82, 2.24) is 9.80 Å². The summed E-state index contributed by atoms with van der Waals surface area (Å²) in [6.45, 7) is 1.75. The Hall–Kier alpha value is -2.20. The van der Waals surface area contributed by atoms with Crippen molar-refractivity contribution in [2.45, 2.75) is 20.3 Å². The molecule has 0 spiro atoms. The molecule has 0 saturated heterocycles. The van der Waals surface area contributed by atoms with Crippen LogP contribution < -0.4 is 5.63 Å². The van der Waals surface area contributed by atoms with Gasteiger partial charge in [0.25, 0.3) is 0 Å². The fourth-order valence-electron chi connectivity index (χ4n) is 4.43. The van der Waals surface area contributed by atoms with E-state index in [4.69, 9.17) is 5.63 Å². The van der Waals surface area contributed by atoms with Gasteiger partial charge in [-0.15, -0.1) is 0 Å². The summed E-state index contributed by atoms with van der Waals surface area (Å²) in [4.78, 5) is 4.35. The van der Waals surface area contributed by atoms with Crippen molar-refractivity contribution in [3.05, 3.63) is 108 Å². The molecule has 2 aliphatic carbocycles. The quantitative estimate of drug-likeness (QED) is 0.378. The first-order valence-corrected chi connectivity index (χ1v) is 16.3. The van der Waals surface area contributed by atoms with Gasteiger partial charge in [-0.3, -0.25) is 0 Å². The maximum atomic E-state index is 7.07. The van der Waals surface area contributed by atoms with E-state index in [2.05, 4.69) is 135 Å². The summed E-state index contributed by atoms with van der Waals surface area (Å²) in [5, 5.41) is 0. The van der Waals surface area contributed by atoms with E-state index in [-0.39, 0.29) is 7.25 Å². The minimum absolute atomic E-state index is 0.173. The van der Waals surface area contributed by atoms with Crippen LogP contribution in [-0.4, -0.2) is 38.0 Å². The van der Waals surface area contributed by atoms with Crippen LogP contribution in [0.1, 0.15) is 11.1 Å². The molecule has 4 nitrogen and oxygen atoms in total. The van der Waals surface area contributed by atoms with Crippen LogP contribution in [0.25, 0.3) is 0 Å². The molecule has 0 atom stereocenters. The molecule has 0 fully saturated rings. The fraction of sp³-hybridized carbons (Fsp3) is 0.286. The first-order valence-electron chi connectivity index (χ1n) is 11.5. The zero-order valence-corrected chi connectivity index (χ0v) is 22.5. The molecular formula is C28H34N2O2Zr. The molecule has 5 heteroatoms. The van der Waals surface area contributed by atoms with Gasteiger partial charge in [-0.1, -0.05) is 0 Å². The van der Waals surface area contributed by atoms with Crippen molar-refractivity contribution in [2.75, 3.05) is 28.2 Å². The second kappa shape index (κ2) is 10.8. The molecule has 0 heterocycles. The molecule has 172 valence electrons. The number of hydrogen-bond donors (Lipinski definition) is 0. The van der Waals surface area contributed by atoms with E-state index in [0.717, 1.165) is 24.6 Å². The molecule has 0 saturated carbocycles. The number of nitrogens with zero attached hydrogens (tertiary/aromatic N) is 2. The van der Waals surface area contributed by atoms with Crippen molar-refractivity contribution in [1.29, 1.82) is 0 Å². The van der Waals surface area contributed by atoms with Gasteiger partial charge < -0.3 is 0 Å². The van der Waals surface area contributed by atoms with Gasteiger partial charge >= 0.3 is 205 Å². The molecular weight excluding hydrogens is 488 g/mol. The van der Waals surface area contributed by atoms with Gasteiger partial charge in [-0.25, -0.2) is 0 Å². The summed E-state index contributed by atoms with van der Waals surface area (Å²) in [5.41, 5.74) is 2.47. The topological polar surface area (TPSA) is 24.9 Å². The van der Waals surface area contributed by atoms with Crippen LogP contribution in [0.5, 0.6) is 11.5 Å². The van der Waals surface area contributed by atoms with Gasteiger partial charge in [-0.05, 0) is 0 Å². The van der Waals surface area contributed by atoms with Crippen LogP contribution in [0.2, 0.25) is 7.25 Å². The molecule has 2 aliphatic rings. The standard InChI is InChI=1S/2C9H13NO.2C5H5.Zr/c2*1-10(2)7-8-4-3-5-9(11)6-8;2*1-2-4-5-3-1;/h2*3-6,11H,7H2,1-2H3;2*1-5H;/q;;;;+2/p-2. The van der Waals surface area contributed by atoms with E-state index in [1.54, 1.807) is 0 Å². The molecule has 0 aromatic heterocycles. The molecule has 2 aromatic carbocycles. The SMILES string of the molecule is CN(C)Cc1cccc([O][Zr]([O]c2cccc(CN(C)C)c2)([CH]2C=CC=C2)[CH]2C=CC=C2)c1. The van der Waals surface area contributed by atoms with E-state index in [9.17, 15) is 0 Å². The van der Waals surface area contributed by atoms with Gasteiger partial charge in [0.2, 0.25) is 0 Å². The Morgan fingerprint density at radius 1 is 0.636 bits per heavy atom. The second-order valence-corrected chi connectivity index (χ2v) is 17.1. The third-order valence-electron chi connectivity index (χ3n) is 5.77. The summed E-state index contributed by atoms with van der Waals surface area (Å²) >= 11 is -3.92. The summed E-state index contributed by atoms with van der Waals surface area (Å²) in [6, 6.07) is 17.0. The van der Waals surface area contributed by atoms with Gasteiger partial charge in [0.15, 0.2) is 0 Å². The minimum atomic E-state index is -3.92. The van der Waals surface area contributed by atoms with Gasteiger partial charge in [0, 0.05) is 0 Å². The first kappa shape index (κ1) is 23.9. The maximum absolute atomic E-state index is 7.07. The Morgan fingerprint density at radius 3 is 1.39 bits per heavy atom. The van der Waals surface area contributed by atoms with Crippen LogP contribution in [0.15, 0.2) is 97.1 Å². The molecule has 0 amide bonds. The van der Waals surface area contributed by atoms with Crippen LogP contribution in [0.3, 0.4) is 0 Å². The predicted octanol–water partition coefficient (Wildman–Crippen LogP) is 6.08. The van der Waals surface area contributed by atoms with Crippen molar-refractivity contribution >= 4 is 0 Å². The second-order valence-electron chi connectivity index (χ2n) is 9.29. The average Bonchev–Trinajstić information content (AvgIpc) is 3.48. The number of benzene rings is 2. The van der Waals surface area contributed by atoms with E-state index in [1.165, 1.54) is 11.1 Å². The Bertz CT molecular complexity index is 962. The summed E-state index contributed by atoms with van der Waals surface area (Å²) in [5.74, 6) is 1.80. The Kier molecular flexibility index (Phi) is 7.85. The monoisotopic (exact) mass is 520 g/mol. The van der Waals surface area contributed by atoms with Crippen LogP contribution >= 0.6 is 0 Å². The fourth-order valence-corrected chi connectivity index (χ4v) is 13.1. The number of hydrogen-bond acceptors (Lipinski definition) is 4. The molecule has 0 N–H and O–H groups in total. The van der Waals surface area contributed by atoms with Crippen LogP contribution in [0, 0.1) is 0 Å². The predicted molar refractivity (Wildman–Crippen MR) is 133 cm³/mol. The Balaban J connectivity index is 1.74. The van der Waals surface area contributed by atoms with Crippen molar-refractivity contribution in [3.8, 4) is 11.5 Å².